The van der Waals surface area contributed by atoms with E-state index in [9.17, 15) is 4.79 Å². The standard InChI is InChI=1S/C15H22ClNO2/c1-11(12-8-6-7-9-13(12)19-5)17(4)14(18)15(2,3)10-16/h6-9,11H,10H2,1-5H3. The molecule has 0 saturated heterocycles. The van der Waals surface area contributed by atoms with Gasteiger partial charge in [-0.2, -0.15) is 0 Å². The Bertz CT molecular complexity index is 446. The van der Waals surface area contributed by atoms with Crippen molar-refractivity contribution in [1.29, 1.82) is 0 Å². The highest BCUT2D eigenvalue weighted by Gasteiger charge is 2.32. The first-order chi connectivity index (χ1) is 8.85. The summed E-state index contributed by atoms with van der Waals surface area (Å²) in [6.45, 7) is 5.70. The molecule has 1 aromatic carbocycles. The predicted octanol–water partition coefficient (Wildman–Crippen LogP) is 3.48. The van der Waals surface area contributed by atoms with Gasteiger partial charge in [0.1, 0.15) is 5.75 Å². The van der Waals surface area contributed by atoms with Crippen molar-refractivity contribution in [2.45, 2.75) is 26.8 Å². The van der Waals surface area contributed by atoms with Crippen LogP contribution in [0.5, 0.6) is 5.75 Å². The fourth-order valence-corrected chi connectivity index (χ4v) is 2.04. The van der Waals surface area contributed by atoms with E-state index >= 15 is 0 Å². The Kier molecular flexibility index (Phi) is 5.24. The molecule has 0 bridgehead atoms. The highest BCUT2D eigenvalue weighted by molar-refractivity contribution is 6.19. The third-order valence-electron chi connectivity index (χ3n) is 3.40. The molecule has 1 aromatic rings. The zero-order valence-corrected chi connectivity index (χ0v) is 13.0. The Balaban J connectivity index is 3.00. The van der Waals surface area contributed by atoms with Crippen molar-refractivity contribution in [2.24, 2.45) is 5.41 Å². The van der Waals surface area contributed by atoms with E-state index in [1.165, 1.54) is 0 Å². The summed E-state index contributed by atoms with van der Waals surface area (Å²) in [4.78, 5) is 14.1. The summed E-state index contributed by atoms with van der Waals surface area (Å²) in [6, 6.07) is 7.67. The fourth-order valence-electron chi connectivity index (χ4n) is 1.93. The Hall–Kier alpha value is -1.22. The number of amides is 1. The molecule has 0 radical (unpaired) electrons. The van der Waals surface area contributed by atoms with Crippen LogP contribution in [0.15, 0.2) is 24.3 Å². The van der Waals surface area contributed by atoms with Gasteiger partial charge in [0.25, 0.3) is 0 Å². The number of methoxy groups -OCH3 is 1. The molecule has 1 atom stereocenters. The second-order valence-electron chi connectivity index (χ2n) is 5.35. The Morgan fingerprint density at radius 3 is 2.53 bits per heavy atom. The molecule has 0 aliphatic carbocycles. The van der Waals surface area contributed by atoms with E-state index in [2.05, 4.69) is 0 Å². The molecule has 0 saturated carbocycles. The van der Waals surface area contributed by atoms with Crippen LogP contribution in [0.4, 0.5) is 0 Å². The summed E-state index contributed by atoms with van der Waals surface area (Å²) in [6.07, 6.45) is 0. The minimum absolute atomic E-state index is 0.0286. The number of nitrogens with zero attached hydrogens (tertiary/aromatic N) is 1. The number of carbonyl (C=O) groups is 1. The average molecular weight is 284 g/mol. The van der Waals surface area contributed by atoms with Crippen molar-refractivity contribution in [3.8, 4) is 5.75 Å². The van der Waals surface area contributed by atoms with Gasteiger partial charge in [-0.25, -0.2) is 0 Å². The van der Waals surface area contributed by atoms with E-state index in [1.807, 2.05) is 45.0 Å². The Labute approximate surface area is 120 Å². The molecule has 0 spiro atoms. The van der Waals surface area contributed by atoms with Crippen LogP contribution < -0.4 is 4.74 Å². The molecule has 0 aliphatic rings. The topological polar surface area (TPSA) is 29.5 Å². The Morgan fingerprint density at radius 2 is 2.00 bits per heavy atom. The molecule has 106 valence electrons. The maximum absolute atomic E-state index is 12.4. The van der Waals surface area contributed by atoms with E-state index in [0.29, 0.717) is 5.88 Å². The summed E-state index contributed by atoms with van der Waals surface area (Å²) >= 11 is 5.87. The quantitative estimate of drug-likeness (QED) is 0.774. The maximum Gasteiger partial charge on any atom is 0.229 e. The van der Waals surface area contributed by atoms with E-state index in [-0.39, 0.29) is 11.9 Å². The first-order valence-electron chi connectivity index (χ1n) is 6.31. The molecular formula is C15H22ClNO2. The minimum atomic E-state index is -0.563. The molecular weight excluding hydrogens is 262 g/mol. The van der Waals surface area contributed by atoms with E-state index in [1.54, 1.807) is 19.1 Å². The number of hydrogen-bond acceptors (Lipinski definition) is 2. The summed E-state index contributed by atoms with van der Waals surface area (Å²) in [5.41, 5.74) is 0.429. The van der Waals surface area contributed by atoms with Crippen molar-refractivity contribution in [1.82, 2.24) is 4.90 Å². The van der Waals surface area contributed by atoms with E-state index in [4.69, 9.17) is 16.3 Å². The molecule has 0 N–H and O–H groups in total. The molecule has 3 nitrogen and oxygen atoms in total. The van der Waals surface area contributed by atoms with Gasteiger partial charge in [-0.15, -0.1) is 11.6 Å². The summed E-state index contributed by atoms with van der Waals surface area (Å²) in [5, 5.41) is 0. The van der Waals surface area contributed by atoms with Gasteiger partial charge in [-0.3, -0.25) is 4.79 Å². The number of halogens is 1. The first-order valence-corrected chi connectivity index (χ1v) is 6.84. The lowest BCUT2D eigenvalue weighted by molar-refractivity contribution is -0.139. The number of alkyl halides is 1. The fraction of sp³-hybridized carbons (Fsp3) is 0.533. The molecule has 1 unspecified atom stereocenters. The van der Waals surface area contributed by atoms with Crippen LogP contribution in [0, 0.1) is 5.41 Å². The SMILES string of the molecule is COc1ccccc1C(C)N(C)C(=O)C(C)(C)CCl. The zero-order chi connectivity index (χ0) is 14.6. The van der Waals surface area contributed by atoms with Gasteiger partial charge in [0, 0.05) is 18.5 Å². The third-order valence-corrected chi connectivity index (χ3v) is 4.07. The number of benzene rings is 1. The molecule has 19 heavy (non-hydrogen) atoms. The number of hydrogen-bond donors (Lipinski definition) is 0. The van der Waals surface area contributed by atoms with Crippen molar-refractivity contribution in [3.63, 3.8) is 0 Å². The van der Waals surface area contributed by atoms with Gasteiger partial charge in [-0.1, -0.05) is 18.2 Å². The predicted molar refractivity (Wildman–Crippen MR) is 78.7 cm³/mol. The van der Waals surface area contributed by atoms with Gasteiger partial charge < -0.3 is 9.64 Å². The van der Waals surface area contributed by atoms with Gasteiger partial charge in [0.05, 0.1) is 18.6 Å². The van der Waals surface area contributed by atoms with Crippen molar-refractivity contribution >= 4 is 17.5 Å². The first kappa shape index (κ1) is 15.8. The number of ether oxygens (including phenoxy) is 1. The second-order valence-corrected chi connectivity index (χ2v) is 5.62. The highest BCUT2D eigenvalue weighted by Crippen LogP contribution is 2.31. The lowest BCUT2D eigenvalue weighted by Crippen LogP contribution is -2.40. The molecule has 4 heteroatoms. The largest absolute Gasteiger partial charge is 0.496 e. The highest BCUT2D eigenvalue weighted by atomic mass is 35.5. The molecule has 1 rings (SSSR count). The lowest BCUT2D eigenvalue weighted by atomic mass is 9.93. The van der Waals surface area contributed by atoms with Crippen LogP contribution in [0.3, 0.4) is 0 Å². The van der Waals surface area contributed by atoms with Gasteiger partial charge in [-0.05, 0) is 26.8 Å². The van der Waals surface area contributed by atoms with Crippen molar-refractivity contribution in [3.05, 3.63) is 29.8 Å². The third kappa shape index (κ3) is 3.41. The molecule has 1 amide bonds. The van der Waals surface area contributed by atoms with E-state index < -0.39 is 5.41 Å². The van der Waals surface area contributed by atoms with Gasteiger partial charge in [0.15, 0.2) is 0 Å². The van der Waals surface area contributed by atoms with E-state index in [0.717, 1.165) is 11.3 Å². The number of carbonyl (C=O) groups excluding carboxylic acids is 1. The minimum Gasteiger partial charge on any atom is -0.496 e. The van der Waals surface area contributed by atoms with Gasteiger partial charge in [0.2, 0.25) is 5.91 Å². The normalized spacial score (nSPS) is 12.9. The van der Waals surface area contributed by atoms with Crippen LogP contribution >= 0.6 is 11.6 Å². The molecule has 0 aromatic heterocycles. The van der Waals surface area contributed by atoms with Crippen LogP contribution in [-0.4, -0.2) is 30.8 Å². The molecule has 0 fully saturated rings. The smallest absolute Gasteiger partial charge is 0.229 e. The zero-order valence-electron chi connectivity index (χ0n) is 12.2. The monoisotopic (exact) mass is 283 g/mol. The molecule has 0 heterocycles. The maximum atomic E-state index is 12.4. The van der Waals surface area contributed by atoms with Crippen LogP contribution in [0.25, 0.3) is 0 Å². The number of para-hydroxylation sites is 1. The van der Waals surface area contributed by atoms with Crippen LogP contribution in [-0.2, 0) is 4.79 Å². The summed E-state index contributed by atoms with van der Waals surface area (Å²) in [5.74, 6) is 1.12. The van der Waals surface area contributed by atoms with Gasteiger partial charge >= 0.3 is 0 Å². The number of rotatable bonds is 5. The summed E-state index contributed by atoms with van der Waals surface area (Å²) < 4.78 is 5.34. The second kappa shape index (κ2) is 6.29. The van der Waals surface area contributed by atoms with Crippen LogP contribution in [0.2, 0.25) is 0 Å². The van der Waals surface area contributed by atoms with Crippen LogP contribution in [0.1, 0.15) is 32.4 Å². The average Bonchev–Trinajstić information content (AvgIpc) is 2.44. The van der Waals surface area contributed by atoms with Crippen molar-refractivity contribution < 1.29 is 9.53 Å². The summed E-state index contributed by atoms with van der Waals surface area (Å²) in [7, 11) is 3.43. The lowest BCUT2D eigenvalue weighted by Gasteiger charge is -2.32. The van der Waals surface area contributed by atoms with Crippen molar-refractivity contribution in [2.75, 3.05) is 20.0 Å². The Morgan fingerprint density at radius 1 is 1.42 bits per heavy atom. The molecule has 0 aliphatic heterocycles.